The zero-order chi connectivity index (χ0) is 76.5. The molecule has 0 rings (SSSR count). The van der Waals surface area contributed by atoms with Crippen LogP contribution in [0.5, 0.6) is 0 Å². The quantitative estimate of drug-likeness (QED) is 0.0222. The van der Waals surface area contributed by atoms with Gasteiger partial charge in [-0.05, 0) is 43.4 Å². The van der Waals surface area contributed by atoms with Crippen LogP contribution in [0.3, 0.4) is 0 Å². The number of phosphoric ester groups is 2. The van der Waals surface area contributed by atoms with Gasteiger partial charge in [-0.1, -0.05) is 395 Å². The molecule has 0 amide bonds. The van der Waals surface area contributed by atoms with Crippen molar-refractivity contribution in [3.8, 4) is 0 Å². The summed E-state index contributed by atoms with van der Waals surface area (Å²) in [4.78, 5) is 73.2. The van der Waals surface area contributed by atoms with Crippen LogP contribution in [0.2, 0.25) is 0 Å². The predicted octanol–water partition coefficient (Wildman–Crippen LogP) is 25.7. The third-order valence-corrected chi connectivity index (χ3v) is 22.1. The fourth-order valence-corrected chi connectivity index (χ4v) is 14.7. The molecule has 0 saturated carbocycles. The van der Waals surface area contributed by atoms with E-state index in [9.17, 15) is 43.2 Å². The molecule has 0 aromatic heterocycles. The van der Waals surface area contributed by atoms with E-state index in [2.05, 4.69) is 48.5 Å². The molecule has 618 valence electrons. The minimum Gasteiger partial charge on any atom is -0.462 e. The number of aliphatic hydroxyl groups is 1. The number of ether oxygens (including phenoxy) is 4. The van der Waals surface area contributed by atoms with Gasteiger partial charge in [0.1, 0.15) is 19.3 Å². The molecular weight excluding hydrogens is 1350 g/mol. The van der Waals surface area contributed by atoms with E-state index in [0.717, 1.165) is 108 Å². The van der Waals surface area contributed by atoms with E-state index in [0.29, 0.717) is 25.7 Å². The molecule has 0 fully saturated rings. The van der Waals surface area contributed by atoms with Crippen LogP contribution in [0.4, 0.5) is 0 Å². The Morgan fingerprint density at radius 2 is 0.490 bits per heavy atom. The Balaban J connectivity index is 5.26. The number of hydrogen-bond donors (Lipinski definition) is 3. The van der Waals surface area contributed by atoms with Crippen LogP contribution in [0, 0.1) is 17.8 Å². The Hall–Kier alpha value is -1.94. The van der Waals surface area contributed by atoms with Crippen LogP contribution in [-0.2, 0) is 65.4 Å². The summed E-state index contributed by atoms with van der Waals surface area (Å²) in [5.74, 6) is 0.277. The predicted molar refractivity (Wildman–Crippen MR) is 428 cm³/mol. The van der Waals surface area contributed by atoms with Gasteiger partial charge in [0, 0.05) is 25.7 Å². The van der Waals surface area contributed by atoms with Crippen LogP contribution >= 0.6 is 15.6 Å². The summed E-state index contributed by atoms with van der Waals surface area (Å²) in [6.45, 7) is 12.0. The molecule has 0 aliphatic carbocycles. The highest BCUT2D eigenvalue weighted by atomic mass is 31.2. The third kappa shape index (κ3) is 76.8. The Bertz CT molecular complexity index is 2010. The second kappa shape index (κ2) is 75.1. The van der Waals surface area contributed by atoms with E-state index in [4.69, 9.17) is 37.0 Å². The summed E-state index contributed by atoms with van der Waals surface area (Å²) in [7, 11) is -9.93. The topological polar surface area (TPSA) is 237 Å². The summed E-state index contributed by atoms with van der Waals surface area (Å²) in [5.41, 5.74) is 0. The standard InChI is InChI=1S/C85H166O17P2/c1-8-10-11-12-13-14-15-16-17-23-26-29-38-45-52-59-66-82(87)95-72-80(101-84(89)68-61-54-47-40-30-27-24-21-19-18-20-22-25-28-35-42-49-56-63-76(3)4)74-99-103(91,92)97-70-79(86)71-98-104(93,94)100-75-81(73-96-83(88)67-60-53-46-39-33-31-36-43-50-57-64-77(5)6)102-85(90)69-62-55-48-41-34-32-37-44-51-58-65-78(7)9-2/h76-81,86H,8-75H2,1-7H3,(H,91,92)(H,93,94)/t78?,79-,80-,81-/m1/s1. The van der Waals surface area contributed by atoms with Gasteiger partial charge in [-0.2, -0.15) is 0 Å². The average molecular weight is 1520 g/mol. The number of aliphatic hydroxyl groups excluding tert-OH is 1. The Morgan fingerprint density at radius 3 is 0.731 bits per heavy atom. The molecule has 3 N–H and O–H groups in total. The van der Waals surface area contributed by atoms with Gasteiger partial charge in [0.2, 0.25) is 0 Å². The average Bonchev–Trinajstić information content (AvgIpc) is 0.950. The first-order chi connectivity index (χ1) is 50.3. The molecule has 19 heteroatoms. The number of rotatable bonds is 83. The lowest BCUT2D eigenvalue weighted by molar-refractivity contribution is -0.161. The van der Waals surface area contributed by atoms with Gasteiger partial charge >= 0.3 is 39.5 Å². The highest BCUT2D eigenvalue weighted by Crippen LogP contribution is 2.45. The highest BCUT2D eigenvalue weighted by molar-refractivity contribution is 7.47. The van der Waals surface area contributed by atoms with Gasteiger partial charge in [-0.3, -0.25) is 37.3 Å². The van der Waals surface area contributed by atoms with Crippen LogP contribution in [0.1, 0.15) is 447 Å². The number of phosphoric acid groups is 2. The van der Waals surface area contributed by atoms with Gasteiger partial charge in [0.25, 0.3) is 0 Å². The summed E-state index contributed by atoms with van der Waals surface area (Å²) in [6.07, 6.45) is 65.1. The van der Waals surface area contributed by atoms with Crippen LogP contribution in [0.15, 0.2) is 0 Å². The molecule has 104 heavy (non-hydrogen) atoms. The van der Waals surface area contributed by atoms with Crippen molar-refractivity contribution in [2.24, 2.45) is 17.8 Å². The van der Waals surface area contributed by atoms with E-state index in [1.807, 2.05) is 0 Å². The van der Waals surface area contributed by atoms with Gasteiger partial charge in [-0.25, -0.2) is 9.13 Å². The second-order valence-corrected chi connectivity index (χ2v) is 34.7. The van der Waals surface area contributed by atoms with Crippen molar-refractivity contribution in [3.05, 3.63) is 0 Å². The largest absolute Gasteiger partial charge is 0.472 e. The first-order valence-corrected chi connectivity index (χ1v) is 46.9. The lowest BCUT2D eigenvalue weighted by Crippen LogP contribution is -2.30. The maximum Gasteiger partial charge on any atom is 0.472 e. The van der Waals surface area contributed by atoms with E-state index in [-0.39, 0.29) is 25.7 Å². The SMILES string of the molecule is CCCCCCCCCCCCCCCCCCC(=O)OC[C@H](COP(=O)(O)OC[C@@H](O)COP(=O)(O)OC[C@@H](COC(=O)CCCCCCCCCCCCC(C)C)OC(=O)CCCCCCCCCCCCC(C)CC)OC(=O)CCCCCCCCCCCCCCCCCCCCC(C)C. The van der Waals surface area contributed by atoms with E-state index in [1.165, 1.54) is 257 Å². The third-order valence-electron chi connectivity index (χ3n) is 20.2. The first kappa shape index (κ1) is 102. The Morgan fingerprint density at radius 1 is 0.279 bits per heavy atom. The van der Waals surface area contributed by atoms with E-state index < -0.39 is 97.5 Å². The number of carbonyl (C=O) groups excluding carboxylic acids is 4. The lowest BCUT2D eigenvalue weighted by Gasteiger charge is -2.21. The van der Waals surface area contributed by atoms with E-state index in [1.54, 1.807) is 0 Å². The van der Waals surface area contributed by atoms with Crippen molar-refractivity contribution in [1.82, 2.24) is 0 Å². The zero-order valence-electron chi connectivity index (χ0n) is 68.5. The zero-order valence-corrected chi connectivity index (χ0v) is 70.3. The van der Waals surface area contributed by atoms with E-state index >= 15 is 0 Å². The minimum absolute atomic E-state index is 0.106. The maximum absolute atomic E-state index is 13.1. The summed E-state index contributed by atoms with van der Waals surface area (Å²) < 4.78 is 68.9. The van der Waals surface area contributed by atoms with Gasteiger partial charge in [0.05, 0.1) is 26.4 Å². The first-order valence-electron chi connectivity index (χ1n) is 43.9. The molecule has 6 atom stereocenters. The van der Waals surface area contributed by atoms with Crippen molar-refractivity contribution >= 4 is 39.5 Å². The maximum atomic E-state index is 13.1. The number of carbonyl (C=O) groups is 4. The normalized spacial score (nSPS) is 14.2. The molecule has 0 aromatic rings. The molecule has 0 aliphatic rings. The minimum atomic E-state index is -4.97. The molecular formula is C85H166O17P2. The molecule has 0 bridgehead atoms. The number of hydrogen-bond acceptors (Lipinski definition) is 15. The number of esters is 4. The molecule has 0 radical (unpaired) electrons. The molecule has 0 spiro atoms. The molecule has 0 heterocycles. The van der Waals surface area contributed by atoms with Crippen molar-refractivity contribution in [2.75, 3.05) is 39.6 Å². The smallest absolute Gasteiger partial charge is 0.462 e. The summed E-state index contributed by atoms with van der Waals surface area (Å²) >= 11 is 0. The van der Waals surface area contributed by atoms with Crippen molar-refractivity contribution < 1.29 is 80.2 Å². The van der Waals surface area contributed by atoms with Crippen molar-refractivity contribution in [1.29, 1.82) is 0 Å². The van der Waals surface area contributed by atoms with Crippen LogP contribution in [0.25, 0.3) is 0 Å². The van der Waals surface area contributed by atoms with Crippen LogP contribution < -0.4 is 0 Å². The lowest BCUT2D eigenvalue weighted by atomic mass is 9.99. The summed E-state index contributed by atoms with van der Waals surface area (Å²) in [6, 6.07) is 0. The van der Waals surface area contributed by atoms with Gasteiger partial charge < -0.3 is 33.8 Å². The molecule has 0 saturated heterocycles. The van der Waals surface area contributed by atoms with Crippen molar-refractivity contribution in [2.45, 2.75) is 465 Å². The molecule has 3 unspecified atom stereocenters. The van der Waals surface area contributed by atoms with Crippen molar-refractivity contribution in [3.63, 3.8) is 0 Å². The van der Waals surface area contributed by atoms with Gasteiger partial charge in [-0.15, -0.1) is 0 Å². The fourth-order valence-electron chi connectivity index (χ4n) is 13.2. The Kier molecular flexibility index (Phi) is 73.7. The number of unbranched alkanes of at least 4 members (excludes halogenated alkanes) is 50. The monoisotopic (exact) mass is 1520 g/mol. The fraction of sp³-hybridized carbons (Fsp3) is 0.953. The molecule has 17 nitrogen and oxygen atoms in total. The Labute approximate surface area is 638 Å². The van der Waals surface area contributed by atoms with Gasteiger partial charge in [0.15, 0.2) is 12.2 Å². The second-order valence-electron chi connectivity index (χ2n) is 31.8. The van der Waals surface area contributed by atoms with Crippen LogP contribution in [-0.4, -0.2) is 96.7 Å². The molecule has 0 aliphatic heterocycles. The highest BCUT2D eigenvalue weighted by Gasteiger charge is 2.30. The molecule has 0 aromatic carbocycles. The summed E-state index contributed by atoms with van der Waals surface area (Å²) in [5, 5.41) is 10.7.